The maximum atomic E-state index is 13.2. The first kappa shape index (κ1) is 16.7. The van der Waals surface area contributed by atoms with Crippen molar-refractivity contribution in [3.05, 3.63) is 77.7 Å². The summed E-state index contributed by atoms with van der Waals surface area (Å²) in [6.07, 6.45) is 1.73. The fourth-order valence-corrected chi connectivity index (χ4v) is 2.40. The van der Waals surface area contributed by atoms with Crippen LogP contribution in [0.1, 0.15) is 22.8 Å². The molecule has 3 aromatic rings. The Labute approximate surface area is 145 Å². The predicted molar refractivity (Wildman–Crippen MR) is 93.3 cm³/mol. The molecule has 0 spiro atoms. The zero-order chi connectivity index (χ0) is 17.6. The lowest BCUT2D eigenvalue weighted by Crippen LogP contribution is -2.12. The third-order valence-corrected chi connectivity index (χ3v) is 3.54. The van der Waals surface area contributed by atoms with Crippen LogP contribution in [0.3, 0.4) is 0 Å². The Balaban J connectivity index is 1.63. The van der Waals surface area contributed by atoms with Gasteiger partial charge >= 0.3 is 0 Å². The van der Waals surface area contributed by atoms with Crippen molar-refractivity contribution in [3.8, 4) is 5.75 Å². The van der Waals surface area contributed by atoms with E-state index in [0.29, 0.717) is 24.5 Å². The van der Waals surface area contributed by atoms with Crippen LogP contribution in [0, 0.1) is 5.82 Å². The summed E-state index contributed by atoms with van der Waals surface area (Å²) < 4.78 is 20.2. The van der Waals surface area contributed by atoms with Gasteiger partial charge in [-0.05, 0) is 48.9 Å². The number of benzene rings is 2. The number of halogens is 1. The zero-order valence-corrected chi connectivity index (χ0v) is 13.8. The minimum atomic E-state index is -0.284. The summed E-state index contributed by atoms with van der Waals surface area (Å²) in [5, 5.41) is 7.03. The molecule has 0 bridgehead atoms. The minimum absolute atomic E-state index is 0.251. The Morgan fingerprint density at radius 1 is 1.20 bits per heavy atom. The number of carbonyl (C=O) groups is 1. The smallest absolute Gasteiger partial charge is 0.256 e. The SMILES string of the molecule is CCOc1ccc(C(=O)Nc2ccn(Cc3cccc(F)c3)n2)cc1. The molecule has 0 aliphatic heterocycles. The molecule has 0 aliphatic carbocycles. The van der Waals surface area contributed by atoms with Gasteiger partial charge in [0.2, 0.25) is 0 Å². The molecule has 0 atom stereocenters. The number of nitrogens with zero attached hydrogens (tertiary/aromatic N) is 2. The van der Waals surface area contributed by atoms with E-state index < -0.39 is 0 Å². The molecular weight excluding hydrogens is 321 g/mol. The van der Waals surface area contributed by atoms with E-state index in [1.165, 1.54) is 12.1 Å². The number of carbonyl (C=O) groups excluding carboxylic acids is 1. The molecule has 0 radical (unpaired) electrons. The predicted octanol–water partition coefficient (Wildman–Crippen LogP) is 3.72. The summed E-state index contributed by atoms with van der Waals surface area (Å²) in [7, 11) is 0. The highest BCUT2D eigenvalue weighted by Gasteiger charge is 2.08. The van der Waals surface area contributed by atoms with Crippen molar-refractivity contribution in [2.24, 2.45) is 0 Å². The first-order chi connectivity index (χ1) is 12.1. The highest BCUT2D eigenvalue weighted by atomic mass is 19.1. The summed E-state index contributed by atoms with van der Waals surface area (Å²) in [5.74, 6) is 0.626. The lowest BCUT2D eigenvalue weighted by atomic mass is 10.2. The molecule has 25 heavy (non-hydrogen) atoms. The number of anilines is 1. The van der Waals surface area contributed by atoms with Gasteiger partial charge in [-0.3, -0.25) is 9.48 Å². The summed E-state index contributed by atoms with van der Waals surface area (Å²) in [6.45, 7) is 2.91. The van der Waals surface area contributed by atoms with Crippen LogP contribution >= 0.6 is 0 Å². The van der Waals surface area contributed by atoms with Crippen molar-refractivity contribution in [1.29, 1.82) is 0 Å². The van der Waals surface area contributed by atoms with Gasteiger partial charge in [-0.25, -0.2) is 4.39 Å². The highest BCUT2D eigenvalue weighted by molar-refractivity contribution is 6.03. The Morgan fingerprint density at radius 2 is 2.00 bits per heavy atom. The second-order valence-electron chi connectivity index (χ2n) is 5.44. The van der Waals surface area contributed by atoms with E-state index in [0.717, 1.165) is 11.3 Å². The molecule has 6 heteroatoms. The van der Waals surface area contributed by atoms with Crippen LogP contribution < -0.4 is 10.1 Å². The standard InChI is InChI=1S/C19H18FN3O2/c1-2-25-17-8-6-15(7-9-17)19(24)21-18-10-11-23(22-18)13-14-4-3-5-16(20)12-14/h3-12H,2,13H2,1H3,(H,21,22,24). The van der Waals surface area contributed by atoms with Gasteiger partial charge in [0.1, 0.15) is 11.6 Å². The highest BCUT2D eigenvalue weighted by Crippen LogP contribution is 2.14. The van der Waals surface area contributed by atoms with E-state index in [1.807, 2.05) is 13.0 Å². The van der Waals surface area contributed by atoms with Gasteiger partial charge in [0.15, 0.2) is 5.82 Å². The second-order valence-corrected chi connectivity index (χ2v) is 5.44. The van der Waals surface area contributed by atoms with Crippen molar-refractivity contribution in [2.75, 3.05) is 11.9 Å². The normalized spacial score (nSPS) is 10.5. The number of aromatic nitrogens is 2. The fourth-order valence-electron chi connectivity index (χ4n) is 2.40. The Morgan fingerprint density at radius 3 is 2.72 bits per heavy atom. The van der Waals surface area contributed by atoms with E-state index in [9.17, 15) is 9.18 Å². The minimum Gasteiger partial charge on any atom is -0.494 e. The molecule has 3 rings (SSSR count). The first-order valence-electron chi connectivity index (χ1n) is 7.96. The van der Waals surface area contributed by atoms with Crippen LogP contribution in [0.2, 0.25) is 0 Å². The molecule has 1 amide bonds. The maximum Gasteiger partial charge on any atom is 0.256 e. The van der Waals surface area contributed by atoms with Gasteiger partial charge in [-0.1, -0.05) is 12.1 Å². The van der Waals surface area contributed by atoms with Gasteiger partial charge in [-0.15, -0.1) is 0 Å². The summed E-state index contributed by atoms with van der Waals surface area (Å²) in [6, 6.07) is 14.9. The Bertz CT molecular complexity index is 859. The maximum absolute atomic E-state index is 13.2. The molecule has 0 saturated heterocycles. The monoisotopic (exact) mass is 339 g/mol. The average Bonchev–Trinajstić information content (AvgIpc) is 3.02. The number of ether oxygens (including phenoxy) is 1. The second kappa shape index (κ2) is 7.61. The summed E-state index contributed by atoms with van der Waals surface area (Å²) in [5.41, 5.74) is 1.32. The van der Waals surface area contributed by atoms with Gasteiger partial charge in [0.25, 0.3) is 5.91 Å². The molecule has 5 nitrogen and oxygen atoms in total. The van der Waals surface area contributed by atoms with Crippen molar-refractivity contribution in [1.82, 2.24) is 9.78 Å². The van der Waals surface area contributed by atoms with Crippen molar-refractivity contribution < 1.29 is 13.9 Å². The van der Waals surface area contributed by atoms with E-state index >= 15 is 0 Å². The summed E-state index contributed by atoms with van der Waals surface area (Å²) in [4.78, 5) is 12.2. The van der Waals surface area contributed by atoms with Crippen LogP contribution in [0.5, 0.6) is 5.75 Å². The van der Waals surface area contributed by atoms with Crippen LogP contribution in [0.4, 0.5) is 10.2 Å². The molecule has 1 heterocycles. The molecule has 0 unspecified atom stereocenters. The van der Waals surface area contributed by atoms with Crippen molar-refractivity contribution in [2.45, 2.75) is 13.5 Å². The summed E-state index contributed by atoms with van der Waals surface area (Å²) >= 11 is 0. The lowest BCUT2D eigenvalue weighted by molar-refractivity contribution is 0.102. The first-order valence-corrected chi connectivity index (χ1v) is 7.96. The van der Waals surface area contributed by atoms with E-state index in [4.69, 9.17) is 4.74 Å². The number of nitrogens with one attached hydrogen (secondary N) is 1. The molecular formula is C19H18FN3O2. The topological polar surface area (TPSA) is 56.1 Å². The molecule has 1 N–H and O–H groups in total. The molecule has 2 aromatic carbocycles. The van der Waals surface area contributed by atoms with E-state index in [1.54, 1.807) is 47.3 Å². The number of hydrogen-bond acceptors (Lipinski definition) is 3. The number of amides is 1. The molecule has 0 fully saturated rings. The molecule has 1 aromatic heterocycles. The fraction of sp³-hybridized carbons (Fsp3) is 0.158. The zero-order valence-electron chi connectivity index (χ0n) is 13.8. The largest absolute Gasteiger partial charge is 0.494 e. The third kappa shape index (κ3) is 4.44. The van der Waals surface area contributed by atoms with Crippen LogP contribution in [-0.4, -0.2) is 22.3 Å². The van der Waals surface area contributed by atoms with E-state index in [2.05, 4.69) is 10.4 Å². The molecule has 0 aliphatic rings. The number of hydrogen-bond donors (Lipinski definition) is 1. The van der Waals surface area contributed by atoms with Gasteiger partial charge in [0, 0.05) is 17.8 Å². The van der Waals surface area contributed by atoms with Crippen molar-refractivity contribution in [3.63, 3.8) is 0 Å². The Kier molecular flexibility index (Phi) is 5.09. The van der Waals surface area contributed by atoms with Crippen LogP contribution in [-0.2, 0) is 6.54 Å². The van der Waals surface area contributed by atoms with E-state index in [-0.39, 0.29) is 11.7 Å². The lowest BCUT2D eigenvalue weighted by Gasteiger charge is -2.05. The average molecular weight is 339 g/mol. The van der Waals surface area contributed by atoms with Gasteiger partial charge in [0.05, 0.1) is 13.2 Å². The third-order valence-electron chi connectivity index (χ3n) is 3.54. The molecule has 0 saturated carbocycles. The molecule has 128 valence electrons. The van der Waals surface area contributed by atoms with Crippen LogP contribution in [0.25, 0.3) is 0 Å². The van der Waals surface area contributed by atoms with Gasteiger partial charge in [-0.2, -0.15) is 5.10 Å². The Hall–Kier alpha value is -3.15. The van der Waals surface area contributed by atoms with Crippen molar-refractivity contribution >= 4 is 11.7 Å². The van der Waals surface area contributed by atoms with Crippen LogP contribution in [0.15, 0.2) is 60.8 Å². The van der Waals surface area contributed by atoms with Gasteiger partial charge < -0.3 is 10.1 Å². The number of rotatable bonds is 6. The quantitative estimate of drug-likeness (QED) is 0.745.